The Balaban J connectivity index is 0.964. The first-order valence-electron chi connectivity index (χ1n) is 19.9. The van der Waals surface area contributed by atoms with E-state index in [9.17, 15) is 0 Å². The maximum atomic E-state index is 5.35. The third-order valence-electron chi connectivity index (χ3n) is 11.9. The Bertz CT molecular complexity index is 3410. The highest BCUT2D eigenvalue weighted by Crippen LogP contribution is 2.40. The summed E-state index contributed by atoms with van der Waals surface area (Å²) in [5.41, 5.74) is 14.9. The number of aliphatic imine (C=N–C) groups is 1. The Morgan fingerprint density at radius 2 is 0.879 bits per heavy atom. The molecule has 1 aliphatic heterocycles. The number of fused-ring (bicyclic) bond motifs is 9. The Hall–Kier alpha value is -7.69. The molecule has 4 nitrogen and oxygen atoms in total. The van der Waals surface area contributed by atoms with E-state index >= 15 is 0 Å². The van der Waals surface area contributed by atoms with Crippen LogP contribution in [0.15, 0.2) is 211 Å². The standard InChI is InChI=1S/C54H36N4/c1-3-14-37(15-4-1)54-55-52(45-30-25-35-13-7-8-18-42(35)53(45)56-54)36-23-28-41(29-24-36)58-49-22-12-10-20-44(49)47-34-39(27-32-51(47)58)38-26-31-50-46(33-38)43-19-9-11-21-48(43)57(50)40-16-5-2-6-17-40/h1-34,54,56H. The molecule has 0 saturated heterocycles. The molecule has 1 atom stereocenters. The van der Waals surface area contributed by atoms with E-state index in [1.807, 2.05) is 0 Å². The van der Waals surface area contributed by atoms with E-state index in [2.05, 4.69) is 221 Å². The van der Waals surface area contributed by atoms with E-state index in [-0.39, 0.29) is 6.17 Å². The van der Waals surface area contributed by atoms with Crippen LogP contribution in [0, 0.1) is 0 Å². The molecule has 1 N–H and O–H groups in total. The van der Waals surface area contributed by atoms with E-state index in [0.29, 0.717) is 0 Å². The number of nitrogens with one attached hydrogen (secondary N) is 1. The molecule has 0 aliphatic carbocycles. The molecule has 11 aromatic rings. The van der Waals surface area contributed by atoms with Crippen molar-refractivity contribution in [3.8, 4) is 22.5 Å². The molecule has 1 aliphatic rings. The lowest BCUT2D eigenvalue weighted by atomic mass is 9.94. The third kappa shape index (κ3) is 5.05. The first kappa shape index (κ1) is 32.5. The summed E-state index contributed by atoms with van der Waals surface area (Å²) in [6.45, 7) is 0. The van der Waals surface area contributed by atoms with Crippen molar-refractivity contribution >= 4 is 65.8 Å². The maximum absolute atomic E-state index is 5.35. The van der Waals surface area contributed by atoms with Gasteiger partial charge in [-0.2, -0.15) is 0 Å². The third-order valence-corrected chi connectivity index (χ3v) is 11.9. The van der Waals surface area contributed by atoms with Gasteiger partial charge in [-0.1, -0.05) is 146 Å². The van der Waals surface area contributed by atoms with Gasteiger partial charge < -0.3 is 14.5 Å². The van der Waals surface area contributed by atoms with Crippen LogP contribution >= 0.6 is 0 Å². The van der Waals surface area contributed by atoms with Crippen molar-refractivity contribution in [1.82, 2.24) is 9.13 Å². The van der Waals surface area contributed by atoms with Crippen LogP contribution in [0.4, 0.5) is 5.69 Å². The van der Waals surface area contributed by atoms with Crippen LogP contribution in [0.5, 0.6) is 0 Å². The first-order valence-corrected chi connectivity index (χ1v) is 19.9. The lowest BCUT2D eigenvalue weighted by molar-refractivity contribution is 0.830. The van der Waals surface area contributed by atoms with Crippen LogP contribution in [0.1, 0.15) is 22.9 Å². The smallest absolute Gasteiger partial charge is 0.145 e. The molecule has 3 heterocycles. The minimum Gasteiger partial charge on any atom is -0.359 e. The molecule has 9 aromatic carbocycles. The van der Waals surface area contributed by atoms with Crippen molar-refractivity contribution < 1.29 is 0 Å². The highest BCUT2D eigenvalue weighted by molar-refractivity contribution is 6.20. The fourth-order valence-electron chi connectivity index (χ4n) is 9.22. The summed E-state index contributed by atoms with van der Waals surface area (Å²) in [5, 5.41) is 11.2. The second-order valence-corrected chi connectivity index (χ2v) is 15.2. The van der Waals surface area contributed by atoms with E-state index < -0.39 is 0 Å². The molecular formula is C54H36N4. The monoisotopic (exact) mass is 740 g/mol. The summed E-state index contributed by atoms with van der Waals surface area (Å²) in [5.74, 6) is 0. The van der Waals surface area contributed by atoms with E-state index in [4.69, 9.17) is 4.99 Å². The average Bonchev–Trinajstić information content (AvgIpc) is 3.81. The van der Waals surface area contributed by atoms with Gasteiger partial charge in [0.1, 0.15) is 6.17 Å². The quantitative estimate of drug-likeness (QED) is 0.187. The minimum absolute atomic E-state index is 0.191. The summed E-state index contributed by atoms with van der Waals surface area (Å²) < 4.78 is 4.77. The minimum atomic E-state index is -0.191. The highest BCUT2D eigenvalue weighted by Gasteiger charge is 2.25. The van der Waals surface area contributed by atoms with Crippen molar-refractivity contribution in [2.75, 3.05) is 5.32 Å². The second-order valence-electron chi connectivity index (χ2n) is 15.2. The first-order chi connectivity index (χ1) is 28.8. The van der Waals surface area contributed by atoms with Crippen LogP contribution in [0.25, 0.3) is 76.9 Å². The maximum Gasteiger partial charge on any atom is 0.145 e. The molecule has 0 fully saturated rings. The Morgan fingerprint density at radius 3 is 1.52 bits per heavy atom. The zero-order valence-corrected chi connectivity index (χ0v) is 31.5. The van der Waals surface area contributed by atoms with E-state index in [1.165, 1.54) is 71.2 Å². The van der Waals surface area contributed by atoms with Gasteiger partial charge in [0.05, 0.1) is 33.5 Å². The predicted octanol–water partition coefficient (Wildman–Crippen LogP) is 13.7. The fraction of sp³-hybridized carbons (Fsp3) is 0.0185. The molecule has 0 saturated carbocycles. The van der Waals surface area contributed by atoms with Crippen molar-refractivity contribution in [3.05, 3.63) is 223 Å². The molecule has 4 heteroatoms. The zero-order chi connectivity index (χ0) is 38.2. The van der Waals surface area contributed by atoms with E-state index in [1.54, 1.807) is 0 Å². The molecule has 1 unspecified atom stereocenters. The van der Waals surface area contributed by atoms with Gasteiger partial charge in [-0.25, -0.2) is 0 Å². The van der Waals surface area contributed by atoms with Gasteiger partial charge in [0.25, 0.3) is 0 Å². The number of hydrogen-bond donors (Lipinski definition) is 1. The highest BCUT2D eigenvalue weighted by atomic mass is 15.1. The van der Waals surface area contributed by atoms with Crippen LogP contribution in [0.2, 0.25) is 0 Å². The zero-order valence-electron chi connectivity index (χ0n) is 31.5. The average molecular weight is 741 g/mol. The molecule has 0 amide bonds. The van der Waals surface area contributed by atoms with E-state index in [0.717, 1.165) is 33.8 Å². The molecule has 2 aromatic heterocycles. The van der Waals surface area contributed by atoms with Crippen LogP contribution in [0.3, 0.4) is 0 Å². The molecular weight excluding hydrogens is 705 g/mol. The summed E-state index contributed by atoms with van der Waals surface area (Å²) in [6.07, 6.45) is -0.191. The predicted molar refractivity (Wildman–Crippen MR) is 243 cm³/mol. The molecule has 0 spiro atoms. The number of nitrogens with zero attached hydrogens (tertiary/aromatic N) is 3. The van der Waals surface area contributed by atoms with Crippen molar-refractivity contribution in [3.63, 3.8) is 0 Å². The largest absolute Gasteiger partial charge is 0.359 e. The lowest BCUT2D eigenvalue weighted by Gasteiger charge is -2.27. The normalized spacial score (nSPS) is 13.9. The van der Waals surface area contributed by atoms with Crippen molar-refractivity contribution in [1.29, 1.82) is 0 Å². The van der Waals surface area contributed by atoms with Gasteiger partial charge in [0.2, 0.25) is 0 Å². The van der Waals surface area contributed by atoms with Crippen LogP contribution in [-0.2, 0) is 0 Å². The molecule has 0 bridgehead atoms. The van der Waals surface area contributed by atoms with Gasteiger partial charge >= 0.3 is 0 Å². The number of para-hydroxylation sites is 3. The van der Waals surface area contributed by atoms with Crippen LogP contribution in [-0.4, -0.2) is 14.8 Å². The summed E-state index contributed by atoms with van der Waals surface area (Å²) in [7, 11) is 0. The van der Waals surface area contributed by atoms with Crippen LogP contribution < -0.4 is 5.32 Å². The summed E-state index contributed by atoms with van der Waals surface area (Å²) >= 11 is 0. The van der Waals surface area contributed by atoms with Gasteiger partial charge in [-0.15, -0.1) is 0 Å². The van der Waals surface area contributed by atoms with Gasteiger partial charge in [0.15, 0.2) is 0 Å². The Labute approximate surface area is 335 Å². The number of rotatable bonds is 5. The molecule has 272 valence electrons. The number of benzene rings is 9. The van der Waals surface area contributed by atoms with Gasteiger partial charge in [0, 0.05) is 49.4 Å². The SMILES string of the molecule is c1ccc(C2N=C(c3ccc(-n4c5ccccc5c5cc(-c6ccc7c(c6)c6ccccc6n7-c6ccccc6)ccc54)cc3)c3ccc4ccccc4c3N2)cc1. The van der Waals surface area contributed by atoms with Crippen molar-refractivity contribution in [2.45, 2.75) is 6.17 Å². The fourth-order valence-corrected chi connectivity index (χ4v) is 9.22. The Kier molecular flexibility index (Phi) is 7.26. The van der Waals surface area contributed by atoms with Gasteiger partial charge in [-0.3, -0.25) is 4.99 Å². The number of hydrogen-bond acceptors (Lipinski definition) is 2. The lowest BCUT2D eigenvalue weighted by Crippen LogP contribution is -2.21. The van der Waals surface area contributed by atoms with Gasteiger partial charge in [-0.05, 0) is 82.7 Å². The number of aromatic nitrogens is 2. The Morgan fingerprint density at radius 1 is 0.379 bits per heavy atom. The second kappa shape index (κ2) is 12.9. The van der Waals surface area contributed by atoms with Crippen molar-refractivity contribution in [2.24, 2.45) is 4.99 Å². The summed E-state index contributed by atoms with van der Waals surface area (Å²) in [6, 6.07) is 74.5. The molecule has 58 heavy (non-hydrogen) atoms. The molecule has 12 rings (SSSR count). The topological polar surface area (TPSA) is 34.2 Å². The summed E-state index contributed by atoms with van der Waals surface area (Å²) in [4.78, 5) is 5.35. The molecule has 0 radical (unpaired) electrons. The number of anilines is 1.